The monoisotopic (exact) mass is 358 g/mol. The molecule has 5 heteroatoms. The van der Waals surface area contributed by atoms with Crippen molar-refractivity contribution >= 4 is 5.97 Å². The molecule has 1 atom stereocenters. The lowest BCUT2D eigenvalue weighted by Gasteiger charge is -2.31. The van der Waals surface area contributed by atoms with Crippen LogP contribution in [-0.4, -0.2) is 29.1 Å². The lowest BCUT2D eigenvalue weighted by molar-refractivity contribution is -0.174. The van der Waals surface area contributed by atoms with E-state index in [1.54, 1.807) is 31.2 Å². The number of aromatic hydroxyl groups is 2. The Morgan fingerprint density at radius 1 is 1.00 bits per heavy atom. The molecule has 1 unspecified atom stereocenters. The normalized spacial score (nSPS) is 12.6. The first-order valence-electron chi connectivity index (χ1n) is 8.75. The molecule has 2 rings (SSSR count). The zero-order chi connectivity index (χ0) is 19.2. The molecule has 0 saturated heterocycles. The van der Waals surface area contributed by atoms with Gasteiger partial charge in [0.05, 0.1) is 0 Å². The number of phenols is 2. The molecule has 0 radical (unpaired) electrons. The highest BCUT2D eigenvalue weighted by Crippen LogP contribution is 2.37. The van der Waals surface area contributed by atoms with Gasteiger partial charge in [0.25, 0.3) is 0 Å². The van der Waals surface area contributed by atoms with Gasteiger partial charge >= 0.3 is 5.97 Å². The second-order valence-electron chi connectivity index (χ2n) is 6.44. The summed E-state index contributed by atoms with van der Waals surface area (Å²) in [4.78, 5) is 12.2. The highest BCUT2D eigenvalue weighted by Gasteiger charge is 2.30. The van der Waals surface area contributed by atoms with E-state index in [1.165, 1.54) is 0 Å². The van der Waals surface area contributed by atoms with Crippen LogP contribution in [0.3, 0.4) is 0 Å². The van der Waals surface area contributed by atoms with Crippen LogP contribution in [0, 0.1) is 0 Å². The second-order valence-corrected chi connectivity index (χ2v) is 6.44. The molecule has 140 valence electrons. The zero-order valence-electron chi connectivity index (χ0n) is 15.4. The van der Waals surface area contributed by atoms with E-state index in [4.69, 9.17) is 9.47 Å². The Hall–Kier alpha value is -2.53. The van der Waals surface area contributed by atoms with Crippen molar-refractivity contribution < 1.29 is 24.5 Å². The Labute approximate surface area is 154 Å². The fourth-order valence-corrected chi connectivity index (χ4v) is 2.98. The Kier molecular flexibility index (Phi) is 6.64. The molecule has 0 spiro atoms. The molecule has 0 aliphatic heterocycles. The van der Waals surface area contributed by atoms with Crippen LogP contribution < -0.4 is 0 Å². The third-order valence-electron chi connectivity index (χ3n) is 4.54. The minimum atomic E-state index is -0.568. The third kappa shape index (κ3) is 4.99. The Bertz CT molecular complexity index is 661. The molecule has 26 heavy (non-hydrogen) atoms. The summed E-state index contributed by atoms with van der Waals surface area (Å²) in [5.74, 6) is 0.0493. The molecular weight excluding hydrogens is 332 g/mol. The molecule has 0 fully saturated rings. The molecule has 0 heterocycles. The van der Waals surface area contributed by atoms with E-state index < -0.39 is 11.7 Å². The summed E-state index contributed by atoms with van der Waals surface area (Å²) in [7, 11) is 0. The van der Waals surface area contributed by atoms with Gasteiger partial charge in [-0.1, -0.05) is 31.2 Å². The zero-order valence-corrected chi connectivity index (χ0v) is 15.4. The van der Waals surface area contributed by atoms with Crippen LogP contribution in [0.2, 0.25) is 0 Å². The maximum absolute atomic E-state index is 12.2. The van der Waals surface area contributed by atoms with E-state index in [1.807, 2.05) is 38.1 Å². The first kappa shape index (κ1) is 19.8. The van der Waals surface area contributed by atoms with Gasteiger partial charge in [-0.3, -0.25) is 4.79 Å². The number of rotatable bonds is 8. The predicted molar refractivity (Wildman–Crippen MR) is 99.1 cm³/mol. The number of esters is 1. The number of carbonyl (C=O) groups excluding carboxylic acids is 1. The average Bonchev–Trinajstić information content (AvgIpc) is 2.61. The Balaban J connectivity index is 2.22. The number of hydrogen-bond donors (Lipinski definition) is 2. The van der Waals surface area contributed by atoms with Gasteiger partial charge in [-0.15, -0.1) is 0 Å². The second kappa shape index (κ2) is 8.72. The van der Waals surface area contributed by atoms with Crippen LogP contribution in [0.5, 0.6) is 11.5 Å². The van der Waals surface area contributed by atoms with Crippen molar-refractivity contribution in [1.29, 1.82) is 0 Å². The van der Waals surface area contributed by atoms with Gasteiger partial charge in [0.2, 0.25) is 0 Å². The van der Waals surface area contributed by atoms with Crippen molar-refractivity contribution in [2.75, 3.05) is 6.61 Å². The SMILES string of the molecule is CCOC(C)OC(=O)CCC(C)(c1ccc(O)cc1)c1ccc(O)cc1. The summed E-state index contributed by atoms with van der Waals surface area (Å²) in [6.45, 7) is 6.05. The third-order valence-corrected chi connectivity index (χ3v) is 4.54. The summed E-state index contributed by atoms with van der Waals surface area (Å²) in [6.07, 6.45) is 0.164. The molecule has 2 N–H and O–H groups in total. The smallest absolute Gasteiger partial charge is 0.308 e. The van der Waals surface area contributed by atoms with Crippen LogP contribution in [-0.2, 0) is 19.7 Å². The van der Waals surface area contributed by atoms with Crippen molar-refractivity contribution in [2.24, 2.45) is 0 Å². The van der Waals surface area contributed by atoms with Crippen LogP contribution in [0.1, 0.15) is 44.7 Å². The fraction of sp³-hybridized carbons (Fsp3) is 0.381. The summed E-state index contributed by atoms with van der Waals surface area (Å²) >= 11 is 0. The minimum Gasteiger partial charge on any atom is -0.508 e. The van der Waals surface area contributed by atoms with Crippen molar-refractivity contribution in [1.82, 2.24) is 0 Å². The maximum Gasteiger partial charge on any atom is 0.308 e. The van der Waals surface area contributed by atoms with E-state index in [0.29, 0.717) is 13.0 Å². The van der Waals surface area contributed by atoms with Crippen molar-refractivity contribution in [2.45, 2.75) is 45.3 Å². The predicted octanol–water partition coefficient (Wildman–Crippen LogP) is 4.11. The number of ether oxygens (including phenoxy) is 2. The molecule has 2 aromatic rings. The number of carbonyl (C=O) groups is 1. The van der Waals surface area contributed by atoms with Gasteiger partial charge in [0.1, 0.15) is 11.5 Å². The van der Waals surface area contributed by atoms with Crippen molar-refractivity contribution in [3.8, 4) is 11.5 Å². The number of benzene rings is 2. The molecule has 0 aliphatic rings. The van der Waals surface area contributed by atoms with E-state index in [9.17, 15) is 15.0 Å². The van der Waals surface area contributed by atoms with E-state index in [0.717, 1.165) is 11.1 Å². The molecule has 5 nitrogen and oxygen atoms in total. The number of phenolic OH excluding ortho intramolecular Hbond substituents is 2. The minimum absolute atomic E-state index is 0.187. The van der Waals surface area contributed by atoms with Gasteiger partial charge < -0.3 is 19.7 Å². The van der Waals surface area contributed by atoms with Gasteiger partial charge in [-0.2, -0.15) is 0 Å². The average molecular weight is 358 g/mol. The van der Waals surface area contributed by atoms with Gasteiger partial charge in [0.15, 0.2) is 6.29 Å². The van der Waals surface area contributed by atoms with Crippen LogP contribution in [0.25, 0.3) is 0 Å². The molecule has 0 amide bonds. The highest BCUT2D eigenvalue weighted by molar-refractivity contribution is 5.69. The molecule has 0 bridgehead atoms. The molecular formula is C21H26O5. The Morgan fingerprint density at radius 3 is 1.88 bits per heavy atom. The van der Waals surface area contributed by atoms with Crippen LogP contribution >= 0.6 is 0 Å². The van der Waals surface area contributed by atoms with E-state index in [-0.39, 0.29) is 23.9 Å². The number of hydrogen-bond acceptors (Lipinski definition) is 5. The van der Waals surface area contributed by atoms with E-state index >= 15 is 0 Å². The first-order valence-corrected chi connectivity index (χ1v) is 8.75. The van der Waals surface area contributed by atoms with Gasteiger partial charge in [-0.05, 0) is 55.7 Å². The van der Waals surface area contributed by atoms with Crippen LogP contribution in [0.4, 0.5) is 0 Å². The lowest BCUT2D eigenvalue weighted by Crippen LogP contribution is -2.26. The van der Waals surface area contributed by atoms with Gasteiger partial charge in [0, 0.05) is 18.4 Å². The molecule has 0 aromatic heterocycles. The Morgan fingerprint density at radius 2 is 1.46 bits per heavy atom. The quantitative estimate of drug-likeness (QED) is 0.549. The van der Waals surface area contributed by atoms with Crippen molar-refractivity contribution in [3.05, 3.63) is 59.7 Å². The molecule has 0 aliphatic carbocycles. The molecule has 2 aromatic carbocycles. The van der Waals surface area contributed by atoms with Crippen molar-refractivity contribution in [3.63, 3.8) is 0 Å². The summed E-state index contributed by atoms with van der Waals surface area (Å²) < 4.78 is 10.5. The van der Waals surface area contributed by atoms with Crippen LogP contribution in [0.15, 0.2) is 48.5 Å². The lowest BCUT2D eigenvalue weighted by atomic mass is 9.73. The highest BCUT2D eigenvalue weighted by atomic mass is 16.7. The maximum atomic E-state index is 12.2. The summed E-state index contributed by atoms with van der Waals surface area (Å²) in [6, 6.07) is 13.9. The fourth-order valence-electron chi connectivity index (χ4n) is 2.98. The first-order chi connectivity index (χ1) is 12.3. The summed E-state index contributed by atoms with van der Waals surface area (Å²) in [5.41, 5.74) is 1.45. The van der Waals surface area contributed by atoms with E-state index in [2.05, 4.69) is 0 Å². The molecule has 0 saturated carbocycles. The summed E-state index contributed by atoms with van der Waals surface area (Å²) in [5, 5.41) is 19.2. The largest absolute Gasteiger partial charge is 0.508 e. The topological polar surface area (TPSA) is 76.0 Å². The van der Waals surface area contributed by atoms with Gasteiger partial charge in [-0.25, -0.2) is 0 Å². The standard InChI is InChI=1S/C21H26O5/c1-4-25-15(2)26-20(24)13-14-21(3,16-5-9-18(22)10-6-16)17-7-11-19(23)12-8-17/h5-12,15,22-23H,4,13-14H2,1-3H3.